The first-order valence-corrected chi connectivity index (χ1v) is 10.4. The molecule has 1 heterocycles. The summed E-state index contributed by atoms with van der Waals surface area (Å²) >= 11 is 0. The fourth-order valence-electron chi connectivity index (χ4n) is 3.17. The van der Waals surface area contributed by atoms with Crippen LogP contribution in [0.5, 0.6) is 0 Å². The number of carbonyl (C=O) groups excluding carboxylic acids is 1. The van der Waals surface area contributed by atoms with Gasteiger partial charge in [0.15, 0.2) is 0 Å². The number of amides is 1. The number of benzene rings is 2. The molecule has 1 aliphatic rings. The second-order valence-corrected chi connectivity index (χ2v) is 8.34. The van der Waals surface area contributed by atoms with Gasteiger partial charge in [-0.15, -0.1) is 0 Å². The molecule has 0 unspecified atom stereocenters. The number of aryl methyl sites for hydroxylation is 1. The molecule has 0 bridgehead atoms. The minimum Gasteiger partial charge on any atom is -0.339 e. The van der Waals surface area contributed by atoms with Crippen molar-refractivity contribution in [3.05, 3.63) is 59.7 Å². The first-order valence-electron chi connectivity index (χ1n) is 8.95. The standard InChI is InChI=1S/C20H24N2O3S/c1-16-15-17(20(23)22-13-7-2-3-8-14-22)11-12-19(16)21-26(24,25)18-9-5-4-6-10-18/h4-6,9-12,15,21H,2-3,7-8,13-14H2,1H3. The van der Waals surface area contributed by atoms with Crippen molar-refractivity contribution in [2.24, 2.45) is 0 Å². The van der Waals surface area contributed by atoms with Gasteiger partial charge in [0.05, 0.1) is 10.6 Å². The molecule has 138 valence electrons. The van der Waals surface area contributed by atoms with E-state index in [1.807, 2.05) is 11.8 Å². The minimum atomic E-state index is -3.64. The van der Waals surface area contributed by atoms with Crippen LogP contribution in [-0.2, 0) is 10.0 Å². The Morgan fingerprint density at radius 1 is 0.962 bits per heavy atom. The number of carbonyl (C=O) groups is 1. The highest BCUT2D eigenvalue weighted by Crippen LogP contribution is 2.22. The molecule has 0 radical (unpaired) electrons. The zero-order chi connectivity index (χ0) is 18.6. The molecule has 2 aromatic carbocycles. The maximum absolute atomic E-state index is 12.7. The molecule has 2 aromatic rings. The Morgan fingerprint density at radius 2 is 1.62 bits per heavy atom. The van der Waals surface area contributed by atoms with Gasteiger partial charge in [-0.1, -0.05) is 31.0 Å². The van der Waals surface area contributed by atoms with Crippen molar-refractivity contribution in [2.45, 2.75) is 37.5 Å². The van der Waals surface area contributed by atoms with Crippen LogP contribution >= 0.6 is 0 Å². The van der Waals surface area contributed by atoms with Gasteiger partial charge in [0.1, 0.15) is 0 Å². The van der Waals surface area contributed by atoms with E-state index in [4.69, 9.17) is 0 Å². The molecular weight excluding hydrogens is 348 g/mol. The van der Waals surface area contributed by atoms with Crippen molar-refractivity contribution < 1.29 is 13.2 Å². The second kappa shape index (κ2) is 7.91. The van der Waals surface area contributed by atoms with E-state index < -0.39 is 10.0 Å². The third-order valence-electron chi connectivity index (χ3n) is 4.66. The summed E-state index contributed by atoms with van der Waals surface area (Å²) < 4.78 is 27.5. The number of likely N-dealkylation sites (tertiary alicyclic amines) is 1. The fraction of sp³-hybridized carbons (Fsp3) is 0.350. The van der Waals surface area contributed by atoms with Crippen LogP contribution in [0.3, 0.4) is 0 Å². The Kier molecular flexibility index (Phi) is 5.61. The summed E-state index contributed by atoms with van der Waals surface area (Å²) in [7, 11) is -3.64. The molecule has 5 nitrogen and oxygen atoms in total. The van der Waals surface area contributed by atoms with E-state index in [0.717, 1.165) is 31.5 Å². The molecule has 3 rings (SSSR count). The molecule has 0 spiro atoms. The number of anilines is 1. The van der Waals surface area contributed by atoms with E-state index >= 15 is 0 Å². The summed E-state index contributed by atoms with van der Waals surface area (Å²) in [5, 5.41) is 0. The van der Waals surface area contributed by atoms with Gasteiger partial charge in [0.2, 0.25) is 0 Å². The van der Waals surface area contributed by atoms with Crippen LogP contribution < -0.4 is 4.72 Å². The highest BCUT2D eigenvalue weighted by atomic mass is 32.2. The zero-order valence-electron chi connectivity index (χ0n) is 14.9. The van der Waals surface area contributed by atoms with Crippen LogP contribution in [0.1, 0.15) is 41.6 Å². The average Bonchev–Trinajstić information content (AvgIpc) is 2.93. The molecule has 0 aromatic heterocycles. The van der Waals surface area contributed by atoms with Crippen molar-refractivity contribution in [1.29, 1.82) is 0 Å². The lowest BCUT2D eigenvalue weighted by atomic mass is 10.1. The molecule has 1 amide bonds. The van der Waals surface area contributed by atoms with E-state index in [0.29, 0.717) is 11.3 Å². The van der Waals surface area contributed by atoms with Crippen molar-refractivity contribution >= 4 is 21.6 Å². The Labute approximate surface area is 155 Å². The molecule has 0 atom stereocenters. The van der Waals surface area contributed by atoms with Gasteiger partial charge in [0.25, 0.3) is 15.9 Å². The Hall–Kier alpha value is -2.34. The summed E-state index contributed by atoms with van der Waals surface area (Å²) in [5.74, 6) is 0.0208. The van der Waals surface area contributed by atoms with Crippen molar-refractivity contribution in [3.63, 3.8) is 0 Å². The van der Waals surface area contributed by atoms with Gasteiger partial charge < -0.3 is 4.90 Å². The Bertz CT molecular complexity index is 871. The van der Waals surface area contributed by atoms with Gasteiger partial charge in [-0.05, 0) is 55.7 Å². The number of hydrogen-bond acceptors (Lipinski definition) is 3. The minimum absolute atomic E-state index is 0.0208. The van der Waals surface area contributed by atoms with Crippen LogP contribution in [0.2, 0.25) is 0 Å². The number of nitrogens with zero attached hydrogens (tertiary/aromatic N) is 1. The number of rotatable bonds is 4. The van der Waals surface area contributed by atoms with E-state index in [2.05, 4.69) is 4.72 Å². The lowest BCUT2D eigenvalue weighted by Gasteiger charge is -2.21. The van der Waals surface area contributed by atoms with Crippen molar-refractivity contribution in [1.82, 2.24) is 4.90 Å². The van der Waals surface area contributed by atoms with Gasteiger partial charge in [-0.3, -0.25) is 9.52 Å². The molecule has 1 N–H and O–H groups in total. The van der Waals surface area contributed by atoms with Crippen LogP contribution in [0, 0.1) is 6.92 Å². The predicted octanol–water partition coefficient (Wildman–Crippen LogP) is 3.81. The number of hydrogen-bond donors (Lipinski definition) is 1. The SMILES string of the molecule is Cc1cc(C(=O)N2CCCCCC2)ccc1NS(=O)(=O)c1ccccc1. The Morgan fingerprint density at radius 3 is 2.23 bits per heavy atom. The van der Waals surface area contributed by atoms with Gasteiger partial charge in [-0.25, -0.2) is 8.42 Å². The monoisotopic (exact) mass is 372 g/mol. The van der Waals surface area contributed by atoms with Crippen LogP contribution in [0.15, 0.2) is 53.4 Å². The summed E-state index contributed by atoms with van der Waals surface area (Å²) in [6.45, 7) is 3.39. The molecule has 1 fully saturated rings. The van der Waals surface area contributed by atoms with Gasteiger partial charge in [0, 0.05) is 18.7 Å². The quantitative estimate of drug-likeness (QED) is 0.887. The van der Waals surface area contributed by atoms with Gasteiger partial charge in [-0.2, -0.15) is 0 Å². The van der Waals surface area contributed by atoms with Crippen LogP contribution in [0.4, 0.5) is 5.69 Å². The topological polar surface area (TPSA) is 66.5 Å². The molecule has 0 saturated carbocycles. The second-order valence-electron chi connectivity index (χ2n) is 6.65. The van der Waals surface area contributed by atoms with E-state index in [1.165, 1.54) is 12.8 Å². The highest BCUT2D eigenvalue weighted by molar-refractivity contribution is 7.92. The summed E-state index contributed by atoms with van der Waals surface area (Å²) in [4.78, 5) is 14.8. The van der Waals surface area contributed by atoms with Crippen LogP contribution in [0.25, 0.3) is 0 Å². The molecule has 26 heavy (non-hydrogen) atoms. The first-order chi connectivity index (χ1) is 12.5. The fourth-order valence-corrected chi connectivity index (χ4v) is 4.32. The summed E-state index contributed by atoms with van der Waals surface area (Å²) in [6.07, 6.45) is 4.42. The van der Waals surface area contributed by atoms with Crippen molar-refractivity contribution in [2.75, 3.05) is 17.8 Å². The lowest BCUT2D eigenvalue weighted by molar-refractivity contribution is 0.0761. The largest absolute Gasteiger partial charge is 0.339 e. The predicted molar refractivity (Wildman–Crippen MR) is 103 cm³/mol. The third kappa shape index (κ3) is 4.25. The van der Waals surface area contributed by atoms with Crippen molar-refractivity contribution in [3.8, 4) is 0 Å². The lowest BCUT2D eigenvalue weighted by Crippen LogP contribution is -2.31. The third-order valence-corrected chi connectivity index (χ3v) is 6.05. The number of nitrogens with one attached hydrogen (secondary N) is 1. The Balaban J connectivity index is 1.78. The van der Waals surface area contributed by atoms with E-state index in [9.17, 15) is 13.2 Å². The maximum Gasteiger partial charge on any atom is 0.261 e. The number of sulfonamides is 1. The van der Waals surface area contributed by atoms with E-state index in [1.54, 1.807) is 48.5 Å². The normalized spacial score (nSPS) is 15.3. The van der Waals surface area contributed by atoms with E-state index in [-0.39, 0.29) is 10.8 Å². The maximum atomic E-state index is 12.7. The molecule has 0 aliphatic carbocycles. The molecular formula is C20H24N2O3S. The first kappa shape index (κ1) is 18.5. The zero-order valence-corrected chi connectivity index (χ0v) is 15.8. The molecule has 1 saturated heterocycles. The summed E-state index contributed by atoms with van der Waals surface area (Å²) in [5.41, 5.74) is 1.82. The summed E-state index contributed by atoms with van der Waals surface area (Å²) in [6, 6.07) is 13.4. The average molecular weight is 372 g/mol. The smallest absolute Gasteiger partial charge is 0.261 e. The molecule has 1 aliphatic heterocycles. The highest BCUT2D eigenvalue weighted by Gasteiger charge is 2.19. The molecule has 6 heteroatoms. The van der Waals surface area contributed by atoms with Crippen LogP contribution in [-0.4, -0.2) is 32.3 Å². The van der Waals surface area contributed by atoms with Gasteiger partial charge >= 0.3 is 0 Å².